The van der Waals surface area contributed by atoms with Gasteiger partial charge in [-0.1, -0.05) is 26.7 Å². The number of amides is 1. The van der Waals surface area contributed by atoms with Gasteiger partial charge in [0.1, 0.15) is 5.54 Å². The first kappa shape index (κ1) is 15.3. The Morgan fingerprint density at radius 2 is 2.05 bits per heavy atom. The van der Waals surface area contributed by atoms with Crippen molar-refractivity contribution in [3.05, 3.63) is 0 Å². The fourth-order valence-electron chi connectivity index (χ4n) is 3.30. The molecule has 4 heteroatoms. The molecule has 0 radical (unpaired) electrons. The molecule has 0 aromatic heterocycles. The van der Waals surface area contributed by atoms with E-state index in [9.17, 15) is 10.1 Å². The van der Waals surface area contributed by atoms with Crippen molar-refractivity contribution < 1.29 is 4.79 Å². The number of carbonyl (C=O) groups is 1. The van der Waals surface area contributed by atoms with E-state index < -0.39 is 5.54 Å². The van der Waals surface area contributed by atoms with Gasteiger partial charge in [-0.2, -0.15) is 5.26 Å². The van der Waals surface area contributed by atoms with E-state index in [1.54, 1.807) is 0 Å². The zero-order chi connectivity index (χ0) is 14.8. The molecule has 0 unspecified atom stereocenters. The van der Waals surface area contributed by atoms with E-state index in [4.69, 9.17) is 0 Å². The SMILES string of the molecule is CC1(C)CCCC[C@@H]1NCC(=O)N[C@@](C)(C#N)C1CC1. The summed E-state index contributed by atoms with van der Waals surface area (Å²) in [4.78, 5) is 12.1. The van der Waals surface area contributed by atoms with Crippen LogP contribution >= 0.6 is 0 Å². The first-order chi connectivity index (χ1) is 9.37. The molecule has 2 fully saturated rings. The van der Waals surface area contributed by atoms with Gasteiger partial charge in [-0.3, -0.25) is 4.79 Å². The molecule has 20 heavy (non-hydrogen) atoms. The number of hydrogen-bond acceptors (Lipinski definition) is 3. The van der Waals surface area contributed by atoms with Crippen LogP contribution in [0, 0.1) is 22.7 Å². The predicted molar refractivity (Wildman–Crippen MR) is 78.9 cm³/mol. The molecular weight excluding hydrogens is 250 g/mol. The lowest BCUT2D eigenvalue weighted by atomic mass is 9.73. The van der Waals surface area contributed by atoms with Crippen LogP contribution in [0.2, 0.25) is 0 Å². The van der Waals surface area contributed by atoms with E-state index in [1.807, 2.05) is 6.92 Å². The highest BCUT2D eigenvalue weighted by Gasteiger charge is 2.43. The molecule has 2 atom stereocenters. The lowest BCUT2D eigenvalue weighted by Crippen LogP contribution is -2.52. The van der Waals surface area contributed by atoms with Crippen molar-refractivity contribution >= 4 is 5.91 Å². The maximum absolute atomic E-state index is 12.1. The normalized spacial score (nSPS) is 28.2. The quantitative estimate of drug-likeness (QED) is 0.810. The summed E-state index contributed by atoms with van der Waals surface area (Å²) in [6.07, 6.45) is 6.97. The molecule has 2 aliphatic rings. The Labute approximate surface area is 122 Å². The van der Waals surface area contributed by atoms with Gasteiger partial charge in [-0.15, -0.1) is 0 Å². The van der Waals surface area contributed by atoms with Crippen LogP contribution in [-0.2, 0) is 4.79 Å². The van der Waals surface area contributed by atoms with Crippen molar-refractivity contribution in [2.24, 2.45) is 11.3 Å². The second-order valence-electron chi connectivity index (χ2n) is 7.30. The molecule has 0 bridgehead atoms. The Bertz CT molecular complexity index is 408. The number of carbonyl (C=O) groups excluding carboxylic acids is 1. The summed E-state index contributed by atoms with van der Waals surface area (Å²) >= 11 is 0. The van der Waals surface area contributed by atoms with Gasteiger partial charge >= 0.3 is 0 Å². The first-order valence-electron chi connectivity index (χ1n) is 7.83. The Balaban J connectivity index is 1.81. The number of nitrogens with zero attached hydrogens (tertiary/aromatic N) is 1. The van der Waals surface area contributed by atoms with Gasteiger partial charge in [0.2, 0.25) is 5.91 Å². The van der Waals surface area contributed by atoms with Crippen molar-refractivity contribution in [1.29, 1.82) is 5.26 Å². The predicted octanol–water partition coefficient (Wildman–Crippen LogP) is 2.35. The minimum Gasteiger partial charge on any atom is -0.337 e. The van der Waals surface area contributed by atoms with Crippen molar-refractivity contribution in [3.63, 3.8) is 0 Å². The maximum Gasteiger partial charge on any atom is 0.235 e. The Kier molecular flexibility index (Phi) is 4.39. The van der Waals surface area contributed by atoms with Crippen LogP contribution in [0.1, 0.15) is 59.3 Å². The summed E-state index contributed by atoms with van der Waals surface area (Å²) in [7, 11) is 0. The molecule has 2 saturated carbocycles. The van der Waals surface area contributed by atoms with Crippen molar-refractivity contribution in [3.8, 4) is 6.07 Å². The average molecular weight is 277 g/mol. The number of hydrogen-bond donors (Lipinski definition) is 2. The molecule has 0 aromatic rings. The van der Waals surface area contributed by atoms with Crippen LogP contribution in [0.4, 0.5) is 0 Å². The van der Waals surface area contributed by atoms with Crippen LogP contribution in [0.3, 0.4) is 0 Å². The molecule has 0 aliphatic heterocycles. The molecule has 0 heterocycles. The third-order valence-electron chi connectivity index (χ3n) is 5.04. The first-order valence-corrected chi connectivity index (χ1v) is 7.83. The van der Waals surface area contributed by atoms with E-state index in [1.165, 1.54) is 19.3 Å². The third kappa shape index (κ3) is 3.52. The largest absolute Gasteiger partial charge is 0.337 e. The van der Waals surface area contributed by atoms with Gasteiger partial charge in [0, 0.05) is 6.04 Å². The fourth-order valence-corrected chi connectivity index (χ4v) is 3.30. The van der Waals surface area contributed by atoms with Gasteiger partial charge in [-0.05, 0) is 43.9 Å². The zero-order valence-corrected chi connectivity index (χ0v) is 13.0. The van der Waals surface area contributed by atoms with Crippen LogP contribution in [0.25, 0.3) is 0 Å². The highest BCUT2D eigenvalue weighted by atomic mass is 16.2. The summed E-state index contributed by atoms with van der Waals surface area (Å²) < 4.78 is 0. The highest BCUT2D eigenvalue weighted by molar-refractivity contribution is 5.79. The monoisotopic (exact) mass is 277 g/mol. The van der Waals surface area contributed by atoms with E-state index in [0.29, 0.717) is 18.5 Å². The van der Waals surface area contributed by atoms with Crippen molar-refractivity contribution in [1.82, 2.24) is 10.6 Å². The second-order valence-corrected chi connectivity index (χ2v) is 7.30. The molecule has 2 aliphatic carbocycles. The summed E-state index contributed by atoms with van der Waals surface area (Å²) in [5.41, 5.74) is -0.422. The van der Waals surface area contributed by atoms with Crippen LogP contribution < -0.4 is 10.6 Å². The number of nitriles is 1. The molecule has 0 spiro atoms. The van der Waals surface area contributed by atoms with E-state index >= 15 is 0 Å². The lowest BCUT2D eigenvalue weighted by Gasteiger charge is -2.39. The van der Waals surface area contributed by atoms with E-state index in [0.717, 1.165) is 19.3 Å². The lowest BCUT2D eigenvalue weighted by molar-refractivity contribution is -0.122. The minimum atomic E-state index is -0.680. The van der Waals surface area contributed by atoms with Gasteiger partial charge < -0.3 is 10.6 Å². The topological polar surface area (TPSA) is 64.9 Å². The number of nitrogens with one attached hydrogen (secondary N) is 2. The van der Waals surface area contributed by atoms with Gasteiger partial charge in [-0.25, -0.2) is 0 Å². The van der Waals surface area contributed by atoms with Crippen LogP contribution in [0.5, 0.6) is 0 Å². The van der Waals surface area contributed by atoms with Gasteiger partial charge in [0.25, 0.3) is 0 Å². The molecule has 0 aromatic carbocycles. The van der Waals surface area contributed by atoms with E-state index in [2.05, 4.69) is 30.6 Å². The molecule has 2 rings (SSSR count). The summed E-state index contributed by atoms with van der Waals surface area (Å²) in [6.45, 7) is 6.70. The van der Waals surface area contributed by atoms with Crippen LogP contribution in [-0.4, -0.2) is 24.0 Å². The van der Waals surface area contributed by atoms with E-state index in [-0.39, 0.29) is 11.3 Å². The average Bonchev–Trinajstić information content (AvgIpc) is 3.21. The summed E-state index contributed by atoms with van der Waals surface area (Å²) in [5.74, 6) is 0.282. The summed E-state index contributed by atoms with van der Waals surface area (Å²) in [5, 5.41) is 15.6. The fraction of sp³-hybridized carbons (Fsp3) is 0.875. The number of rotatable bonds is 5. The second kappa shape index (κ2) is 5.73. The third-order valence-corrected chi connectivity index (χ3v) is 5.04. The van der Waals surface area contributed by atoms with Gasteiger partial charge in [0.05, 0.1) is 12.6 Å². The molecule has 1 amide bonds. The molecule has 0 saturated heterocycles. The maximum atomic E-state index is 12.1. The molecule has 112 valence electrons. The van der Waals surface area contributed by atoms with Crippen molar-refractivity contribution in [2.75, 3.05) is 6.54 Å². The Hall–Kier alpha value is -1.08. The van der Waals surface area contributed by atoms with Crippen LogP contribution in [0.15, 0.2) is 0 Å². The molecular formula is C16H27N3O. The highest BCUT2D eigenvalue weighted by Crippen LogP contribution is 2.39. The standard InChI is InChI=1S/C16H27N3O/c1-15(2)9-5-4-6-13(15)18-10-14(20)19-16(3,11-17)12-7-8-12/h12-13,18H,4-10H2,1-3H3,(H,19,20)/t13-,16-/m0/s1. The Morgan fingerprint density at radius 3 is 2.60 bits per heavy atom. The smallest absolute Gasteiger partial charge is 0.235 e. The summed E-state index contributed by atoms with van der Waals surface area (Å²) in [6, 6.07) is 2.67. The molecule has 2 N–H and O–H groups in total. The zero-order valence-electron chi connectivity index (χ0n) is 13.0. The van der Waals surface area contributed by atoms with Crippen molar-refractivity contribution in [2.45, 2.75) is 70.9 Å². The molecule has 4 nitrogen and oxygen atoms in total. The minimum absolute atomic E-state index is 0.0534. The van der Waals surface area contributed by atoms with Gasteiger partial charge in [0.15, 0.2) is 0 Å². The Morgan fingerprint density at radius 1 is 1.35 bits per heavy atom.